The van der Waals surface area contributed by atoms with Crippen LogP contribution in [0.3, 0.4) is 0 Å². The van der Waals surface area contributed by atoms with Crippen LogP contribution in [0.4, 0.5) is 0 Å². The number of carbonyl (C=O) groups excluding carboxylic acids is 4. The summed E-state index contributed by atoms with van der Waals surface area (Å²) in [7, 11) is 0. The van der Waals surface area contributed by atoms with Gasteiger partial charge in [-0.25, -0.2) is 0 Å². The Bertz CT molecular complexity index is 1370. The van der Waals surface area contributed by atoms with Gasteiger partial charge in [-0.05, 0) is 24.8 Å². The van der Waals surface area contributed by atoms with Gasteiger partial charge in [-0.1, -0.05) is 86.6 Å². The van der Waals surface area contributed by atoms with Crippen LogP contribution in [-0.2, 0) is 25.7 Å². The van der Waals surface area contributed by atoms with Crippen molar-refractivity contribution in [2.45, 2.75) is 71.4 Å². The van der Waals surface area contributed by atoms with Crippen LogP contribution in [0.5, 0.6) is 0 Å². The van der Waals surface area contributed by atoms with E-state index in [0.717, 1.165) is 5.56 Å². The number of hydrogen-bond acceptors (Lipinski definition) is 7. The number of aldehydes is 1. The number of benzene rings is 2. The van der Waals surface area contributed by atoms with Gasteiger partial charge in [0.2, 0.25) is 11.8 Å². The summed E-state index contributed by atoms with van der Waals surface area (Å²) in [6.07, 6.45) is 0.970. The maximum Gasteiger partial charge on any atom is 0.257 e. The quantitative estimate of drug-likeness (QED) is 0.316. The zero-order chi connectivity index (χ0) is 30.2. The molecule has 2 N–H and O–H groups in total. The van der Waals surface area contributed by atoms with Crippen molar-refractivity contribution in [1.82, 2.24) is 20.7 Å². The highest BCUT2D eigenvalue weighted by Crippen LogP contribution is 2.27. The van der Waals surface area contributed by atoms with Crippen LogP contribution in [0.15, 0.2) is 65.2 Å². The van der Waals surface area contributed by atoms with Gasteiger partial charge in [-0.2, -0.15) is 0 Å². The zero-order valence-electron chi connectivity index (χ0n) is 24.4. The molecule has 1 saturated heterocycles. The van der Waals surface area contributed by atoms with Gasteiger partial charge in [-0.3, -0.25) is 14.4 Å². The van der Waals surface area contributed by atoms with Gasteiger partial charge < -0.3 is 29.6 Å². The van der Waals surface area contributed by atoms with Crippen molar-refractivity contribution in [3.63, 3.8) is 0 Å². The van der Waals surface area contributed by atoms with Crippen LogP contribution in [0, 0.1) is 12.8 Å². The van der Waals surface area contributed by atoms with Gasteiger partial charge in [0.1, 0.15) is 35.4 Å². The van der Waals surface area contributed by atoms with Crippen LogP contribution < -0.4 is 10.6 Å². The Morgan fingerprint density at radius 1 is 1.07 bits per heavy atom. The summed E-state index contributed by atoms with van der Waals surface area (Å²) in [4.78, 5) is 53.9. The number of likely N-dealkylation sites (tertiary alicyclic amines) is 1. The molecule has 0 bridgehead atoms. The highest BCUT2D eigenvalue weighted by atomic mass is 16.5. The SMILES string of the molecule is CC[C@@H](C=O)NC(=O)[C@@H]1C[C@@H](OCc2ccccc2)CN1C(=O)[C@@H](NC(=O)c1c(-c2ccccc2)noc1C)C(C)C. The molecule has 0 radical (unpaired) electrons. The summed E-state index contributed by atoms with van der Waals surface area (Å²) in [5.41, 5.74) is 2.31. The lowest BCUT2D eigenvalue weighted by Crippen LogP contribution is -2.56. The maximum atomic E-state index is 14.1. The number of carbonyl (C=O) groups is 4. The normalized spacial score (nSPS) is 18.0. The number of aryl methyl sites for hydroxylation is 1. The molecular weight excluding hydrogens is 536 g/mol. The van der Waals surface area contributed by atoms with E-state index in [1.165, 1.54) is 4.90 Å². The molecule has 0 spiro atoms. The van der Waals surface area contributed by atoms with Crippen LogP contribution in [-0.4, -0.2) is 64.8 Å². The molecule has 4 atom stereocenters. The van der Waals surface area contributed by atoms with Gasteiger partial charge in [0, 0.05) is 18.5 Å². The number of hydrogen-bond donors (Lipinski definition) is 2. The van der Waals surface area contributed by atoms with E-state index in [0.29, 0.717) is 36.3 Å². The number of aromatic nitrogens is 1. The Labute approximate surface area is 245 Å². The topological polar surface area (TPSA) is 131 Å². The lowest BCUT2D eigenvalue weighted by atomic mass is 10.00. The van der Waals surface area contributed by atoms with Gasteiger partial charge >= 0.3 is 0 Å². The van der Waals surface area contributed by atoms with Crippen LogP contribution in [0.1, 0.15) is 55.3 Å². The fraction of sp³-hybridized carbons (Fsp3) is 0.406. The minimum atomic E-state index is -0.938. The van der Waals surface area contributed by atoms with Crippen LogP contribution in [0.25, 0.3) is 11.3 Å². The average Bonchev–Trinajstić information content (AvgIpc) is 3.62. The highest BCUT2D eigenvalue weighted by Gasteiger charge is 2.43. The van der Waals surface area contributed by atoms with Crippen molar-refractivity contribution in [2.75, 3.05) is 6.54 Å². The van der Waals surface area contributed by atoms with Crippen molar-refractivity contribution in [2.24, 2.45) is 5.92 Å². The van der Waals surface area contributed by atoms with E-state index in [9.17, 15) is 19.2 Å². The molecule has 1 fully saturated rings. The van der Waals surface area contributed by atoms with Crippen LogP contribution in [0.2, 0.25) is 0 Å². The summed E-state index contributed by atoms with van der Waals surface area (Å²) >= 11 is 0. The van der Waals surface area contributed by atoms with E-state index < -0.39 is 42.0 Å². The van der Waals surface area contributed by atoms with Crippen molar-refractivity contribution in [3.8, 4) is 11.3 Å². The van der Waals surface area contributed by atoms with Gasteiger partial charge in [0.15, 0.2) is 0 Å². The van der Waals surface area contributed by atoms with E-state index in [1.807, 2.05) is 74.5 Å². The van der Waals surface area contributed by atoms with Crippen molar-refractivity contribution in [3.05, 3.63) is 77.6 Å². The standard InChI is InChI=1S/C32H38N4O6/c1-5-24(18-37)33-30(38)26-16-25(41-19-22-12-8-6-9-13-22)17-36(26)32(40)28(20(2)3)34-31(39)27-21(4)42-35-29(27)23-14-10-7-11-15-23/h6-15,18,20,24-26,28H,5,16-17,19H2,1-4H3,(H,33,38)(H,34,39)/t24-,25+,26-,28-/m0/s1. The Balaban J connectivity index is 1.56. The number of rotatable bonds is 12. The molecule has 3 aromatic rings. The summed E-state index contributed by atoms with van der Waals surface area (Å²) in [6.45, 7) is 7.59. The first kappa shape index (κ1) is 30.6. The largest absolute Gasteiger partial charge is 0.372 e. The molecular formula is C32H38N4O6. The third-order valence-corrected chi connectivity index (χ3v) is 7.47. The first-order chi connectivity index (χ1) is 20.2. The maximum absolute atomic E-state index is 14.1. The zero-order valence-corrected chi connectivity index (χ0v) is 24.4. The molecule has 42 heavy (non-hydrogen) atoms. The molecule has 10 heteroatoms. The number of amides is 3. The predicted molar refractivity (Wildman–Crippen MR) is 156 cm³/mol. The second-order valence-electron chi connectivity index (χ2n) is 10.8. The minimum Gasteiger partial charge on any atom is -0.372 e. The molecule has 1 aromatic heterocycles. The summed E-state index contributed by atoms with van der Waals surface area (Å²) in [5, 5.41) is 9.71. The van der Waals surface area contributed by atoms with Crippen molar-refractivity contribution < 1.29 is 28.4 Å². The first-order valence-corrected chi connectivity index (χ1v) is 14.3. The Morgan fingerprint density at radius 2 is 1.74 bits per heavy atom. The van der Waals surface area contributed by atoms with E-state index in [1.54, 1.807) is 13.8 Å². The Morgan fingerprint density at radius 3 is 2.36 bits per heavy atom. The Hall–Kier alpha value is -4.31. The van der Waals surface area contributed by atoms with E-state index in [2.05, 4.69) is 15.8 Å². The molecule has 1 aliphatic rings. The monoisotopic (exact) mass is 574 g/mol. The number of ether oxygens (including phenoxy) is 1. The van der Waals surface area contributed by atoms with E-state index in [4.69, 9.17) is 9.26 Å². The number of nitrogens with one attached hydrogen (secondary N) is 2. The fourth-order valence-electron chi connectivity index (χ4n) is 5.05. The summed E-state index contributed by atoms with van der Waals surface area (Å²) in [5.74, 6) is -1.30. The van der Waals surface area contributed by atoms with Gasteiger partial charge in [0.05, 0.1) is 18.8 Å². The van der Waals surface area contributed by atoms with E-state index in [-0.39, 0.29) is 24.4 Å². The first-order valence-electron chi connectivity index (χ1n) is 14.3. The molecule has 0 saturated carbocycles. The molecule has 10 nitrogen and oxygen atoms in total. The second kappa shape index (κ2) is 14.0. The average molecular weight is 575 g/mol. The van der Waals surface area contributed by atoms with E-state index >= 15 is 0 Å². The smallest absolute Gasteiger partial charge is 0.257 e. The molecule has 4 rings (SSSR count). The van der Waals surface area contributed by atoms with Crippen LogP contribution >= 0.6 is 0 Å². The van der Waals surface area contributed by atoms with Crippen molar-refractivity contribution >= 4 is 24.0 Å². The third-order valence-electron chi connectivity index (χ3n) is 7.47. The molecule has 0 unspecified atom stereocenters. The third kappa shape index (κ3) is 7.12. The fourth-order valence-corrected chi connectivity index (χ4v) is 5.05. The second-order valence-corrected chi connectivity index (χ2v) is 10.8. The molecule has 2 heterocycles. The Kier molecular flexibility index (Phi) is 10.2. The molecule has 1 aliphatic heterocycles. The van der Waals surface area contributed by atoms with Crippen molar-refractivity contribution in [1.29, 1.82) is 0 Å². The molecule has 0 aliphatic carbocycles. The lowest BCUT2D eigenvalue weighted by molar-refractivity contribution is -0.141. The minimum absolute atomic E-state index is 0.169. The lowest BCUT2D eigenvalue weighted by Gasteiger charge is -2.30. The predicted octanol–water partition coefficient (Wildman–Crippen LogP) is 3.68. The number of nitrogens with zero attached hydrogens (tertiary/aromatic N) is 2. The summed E-state index contributed by atoms with van der Waals surface area (Å²) in [6, 6.07) is 16.4. The highest BCUT2D eigenvalue weighted by molar-refractivity contribution is 6.03. The molecule has 222 valence electrons. The van der Waals surface area contributed by atoms with Gasteiger partial charge in [0.25, 0.3) is 5.91 Å². The van der Waals surface area contributed by atoms with Gasteiger partial charge in [-0.15, -0.1) is 0 Å². The molecule has 3 amide bonds. The molecule has 2 aromatic carbocycles. The summed E-state index contributed by atoms with van der Waals surface area (Å²) < 4.78 is 11.5.